The predicted octanol–water partition coefficient (Wildman–Crippen LogP) is 0.584. The number of pyridine rings is 1. The van der Waals surface area contributed by atoms with Gasteiger partial charge in [0.15, 0.2) is 0 Å². The van der Waals surface area contributed by atoms with Crippen molar-refractivity contribution in [3.05, 3.63) is 24.7 Å². The van der Waals surface area contributed by atoms with Crippen molar-refractivity contribution in [2.45, 2.75) is 0 Å². The Hall–Kier alpha value is -0.276. The van der Waals surface area contributed by atoms with Crippen LogP contribution in [-0.4, -0.2) is 9.97 Å². The Bertz CT molecular complexity index is 287. The number of hydrogen-bond donors (Lipinski definition) is 0. The van der Waals surface area contributed by atoms with E-state index < -0.39 is 0 Å². The zero-order chi connectivity index (χ0) is 6.10. The van der Waals surface area contributed by atoms with Crippen LogP contribution in [0.5, 0.6) is 0 Å². The van der Waals surface area contributed by atoms with Crippen LogP contribution in [0.2, 0.25) is 0 Å². The molecule has 3 nitrogen and oxygen atoms in total. The molecule has 0 saturated heterocycles. The second-order valence-corrected chi connectivity index (χ2v) is 1.72. The summed E-state index contributed by atoms with van der Waals surface area (Å²) in [4.78, 5) is 11.8. The molecular formula is C6H4N3Y-. The van der Waals surface area contributed by atoms with Gasteiger partial charge in [-0.05, 0) is 12.5 Å². The Morgan fingerprint density at radius 1 is 1.30 bits per heavy atom. The van der Waals surface area contributed by atoms with E-state index in [2.05, 4.69) is 15.0 Å². The van der Waals surface area contributed by atoms with Gasteiger partial charge in [0.05, 0.1) is 0 Å². The first-order chi connectivity index (χ1) is 4.47. The normalized spacial score (nSPS) is 9.20. The second-order valence-electron chi connectivity index (χ2n) is 1.72. The van der Waals surface area contributed by atoms with Crippen LogP contribution in [-0.2, 0) is 32.7 Å². The Kier molecular flexibility index (Phi) is 2.52. The van der Waals surface area contributed by atoms with Crippen molar-refractivity contribution in [2.24, 2.45) is 0 Å². The van der Waals surface area contributed by atoms with E-state index in [1.165, 1.54) is 6.33 Å². The summed E-state index contributed by atoms with van der Waals surface area (Å²) in [6, 6.07) is 3.73. The van der Waals surface area contributed by atoms with Gasteiger partial charge >= 0.3 is 0 Å². The largest absolute Gasteiger partial charge is 0.368 e. The van der Waals surface area contributed by atoms with Gasteiger partial charge in [-0.2, -0.15) is 0 Å². The van der Waals surface area contributed by atoms with E-state index in [4.69, 9.17) is 0 Å². The van der Waals surface area contributed by atoms with Gasteiger partial charge in [0.1, 0.15) is 0 Å². The molecule has 0 N–H and O–H groups in total. The molecule has 0 amide bonds. The van der Waals surface area contributed by atoms with E-state index in [1.54, 1.807) is 6.20 Å². The number of aromatic nitrogens is 3. The number of hydrogen-bond acceptors (Lipinski definition) is 2. The predicted molar refractivity (Wildman–Crippen MR) is 32.9 cm³/mol. The summed E-state index contributed by atoms with van der Waals surface area (Å²) in [5, 5.41) is 0. The van der Waals surface area contributed by atoms with Crippen molar-refractivity contribution in [2.75, 3.05) is 0 Å². The smallest absolute Gasteiger partial charge is 0.0190 e. The van der Waals surface area contributed by atoms with Gasteiger partial charge < -0.3 is 15.0 Å². The summed E-state index contributed by atoms with van der Waals surface area (Å²) in [6.45, 7) is 0. The third-order valence-electron chi connectivity index (χ3n) is 1.14. The van der Waals surface area contributed by atoms with Crippen LogP contribution in [0.4, 0.5) is 0 Å². The molecule has 10 heavy (non-hydrogen) atoms. The minimum absolute atomic E-state index is 0. The van der Waals surface area contributed by atoms with Crippen molar-refractivity contribution in [3.8, 4) is 0 Å². The fourth-order valence-corrected chi connectivity index (χ4v) is 0.734. The van der Waals surface area contributed by atoms with E-state index in [9.17, 15) is 0 Å². The minimum atomic E-state index is 0. The molecule has 0 saturated carbocycles. The Morgan fingerprint density at radius 3 is 3.00 bits per heavy atom. The molecule has 0 atom stereocenters. The topological polar surface area (TPSA) is 39.9 Å². The maximum absolute atomic E-state index is 3.97. The van der Waals surface area contributed by atoms with E-state index >= 15 is 0 Å². The van der Waals surface area contributed by atoms with Gasteiger partial charge in [-0.1, -0.05) is 12.1 Å². The molecule has 0 spiro atoms. The maximum Gasteiger partial charge on any atom is 0.0190 e. The van der Waals surface area contributed by atoms with Gasteiger partial charge in [-0.15, -0.1) is 0 Å². The van der Waals surface area contributed by atoms with Crippen molar-refractivity contribution >= 4 is 11.2 Å². The Labute approximate surface area is 83.1 Å². The third kappa shape index (κ3) is 1.25. The standard InChI is InChI=1S/C6H4N3.Y/c1-2-5-6(7-3-1)9-4-8-5;/h1-4H;/q-1;. The average Bonchev–Trinajstić information content (AvgIpc) is 2.33. The molecule has 0 aromatic carbocycles. The SMILES string of the molecule is [Y].c1cnc2[n-]cnc2c1. The quantitative estimate of drug-likeness (QED) is 0.634. The van der Waals surface area contributed by atoms with Crippen LogP contribution < -0.4 is 4.98 Å². The number of rotatable bonds is 0. The molecule has 0 aliphatic carbocycles. The van der Waals surface area contributed by atoms with E-state index in [-0.39, 0.29) is 32.7 Å². The molecular weight excluding hydrogens is 203 g/mol. The van der Waals surface area contributed by atoms with E-state index in [1.807, 2.05) is 12.1 Å². The average molecular weight is 207 g/mol. The molecule has 0 bridgehead atoms. The summed E-state index contributed by atoms with van der Waals surface area (Å²) in [6.07, 6.45) is 3.22. The zero-order valence-electron chi connectivity index (χ0n) is 5.23. The number of imidazole rings is 1. The Morgan fingerprint density at radius 2 is 2.20 bits per heavy atom. The molecule has 1 radical (unpaired) electrons. The Balaban J connectivity index is 0.000000500. The molecule has 0 aliphatic heterocycles. The molecule has 2 heterocycles. The van der Waals surface area contributed by atoms with Crippen molar-refractivity contribution in [3.63, 3.8) is 0 Å². The van der Waals surface area contributed by atoms with Gasteiger partial charge in [-0.3, -0.25) is 0 Å². The second kappa shape index (κ2) is 3.21. The van der Waals surface area contributed by atoms with Crippen LogP contribution in [0.1, 0.15) is 0 Å². The monoisotopic (exact) mass is 207 g/mol. The van der Waals surface area contributed by atoms with Crippen LogP contribution in [0.3, 0.4) is 0 Å². The third-order valence-corrected chi connectivity index (χ3v) is 1.14. The van der Waals surface area contributed by atoms with E-state index in [0.29, 0.717) is 0 Å². The van der Waals surface area contributed by atoms with Gasteiger partial charge in [0.25, 0.3) is 0 Å². The summed E-state index contributed by atoms with van der Waals surface area (Å²) in [5.74, 6) is 0. The summed E-state index contributed by atoms with van der Waals surface area (Å²) in [5.41, 5.74) is 1.58. The molecule has 2 rings (SSSR count). The molecule has 0 unspecified atom stereocenters. The first kappa shape index (κ1) is 7.83. The molecule has 47 valence electrons. The van der Waals surface area contributed by atoms with Crippen LogP contribution in [0.25, 0.3) is 11.2 Å². The first-order valence-electron chi connectivity index (χ1n) is 2.65. The summed E-state index contributed by atoms with van der Waals surface area (Å²) >= 11 is 0. The summed E-state index contributed by atoms with van der Waals surface area (Å²) < 4.78 is 0. The van der Waals surface area contributed by atoms with Crippen LogP contribution in [0.15, 0.2) is 24.7 Å². The zero-order valence-corrected chi connectivity index (χ0v) is 8.07. The van der Waals surface area contributed by atoms with E-state index in [0.717, 1.165) is 11.2 Å². The molecule has 2 aromatic rings. The first-order valence-corrected chi connectivity index (χ1v) is 2.65. The van der Waals surface area contributed by atoms with Gasteiger partial charge in [-0.25, -0.2) is 0 Å². The maximum atomic E-state index is 3.97. The van der Waals surface area contributed by atoms with Crippen LogP contribution >= 0.6 is 0 Å². The number of nitrogens with zero attached hydrogens (tertiary/aromatic N) is 3. The van der Waals surface area contributed by atoms with Crippen molar-refractivity contribution < 1.29 is 32.7 Å². The fraction of sp³-hybridized carbons (Fsp3) is 0. The minimum Gasteiger partial charge on any atom is -0.368 e. The molecule has 0 fully saturated rings. The van der Waals surface area contributed by atoms with Gasteiger partial charge in [0, 0.05) is 43.9 Å². The number of fused-ring (bicyclic) bond motifs is 1. The molecule has 4 heteroatoms. The van der Waals surface area contributed by atoms with Crippen molar-refractivity contribution in [1.29, 1.82) is 0 Å². The van der Waals surface area contributed by atoms with Crippen LogP contribution in [0, 0.1) is 0 Å². The fourth-order valence-electron chi connectivity index (χ4n) is 0.734. The molecule has 0 aliphatic rings. The van der Waals surface area contributed by atoms with Gasteiger partial charge in [0.2, 0.25) is 0 Å². The molecule has 2 aromatic heterocycles. The van der Waals surface area contributed by atoms with Crippen molar-refractivity contribution in [1.82, 2.24) is 15.0 Å². The summed E-state index contributed by atoms with van der Waals surface area (Å²) in [7, 11) is 0.